The predicted molar refractivity (Wildman–Crippen MR) is 83.4 cm³/mol. The second kappa shape index (κ2) is 9.28. The van der Waals surface area contributed by atoms with Gasteiger partial charge in [-0.2, -0.15) is 0 Å². The zero-order chi connectivity index (χ0) is 14.8. The summed E-state index contributed by atoms with van der Waals surface area (Å²) >= 11 is 0. The van der Waals surface area contributed by atoms with Gasteiger partial charge in [0.05, 0.1) is 0 Å². The second-order valence-electron chi connectivity index (χ2n) is 5.16. The monoisotopic (exact) mass is 275 g/mol. The fourth-order valence-electron chi connectivity index (χ4n) is 1.83. The number of nitrogens with one attached hydrogen (secondary N) is 1. The number of benzene rings is 1. The van der Waals surface area contributed by atoms with Gasteiger partial charge in [-0.15, -0.1) is 0 Å². The first-order valence-electron chi connectivity index (χ1n) is 6.98. The molecule has 20 heavy (non-hydrogen) atoms. The maximum Gasteiger partial charge on any atom is 0.243 e. The number of carbonyl (C=O) groups excluding carboxylic acids is 1. The van der Waals surface area contributed by atoms with Gasteiger partial charge in [-0.05, 0) is 39.0 Å². The van der Waals surface area contributed by atoms with Crippen molar-refractivity contribution in [1.29, 1.82) is 0 Å². The van der Waals surface area contributed by atoms with E-state index in [4.69, 9.17) is 5.73 Å². The summed E-state index contributed by atoms with van der Waals surface area (Å²) in [7, 11) is 4.04. The number of nitrogens with two attached hydrogens (primary N) is 1. The van der Waals surface area contributed by atoms with Crippen molar-refractivity contribution in [3.63, 3.8) is 0 Å². The van der Waals surface area contributed by atoms with E-state index in [0.29, 0.717) is 6.54 Å². The Balaban J connectivity index is 2.23. The minimum absolute atomic E-state index is 0.0766. The molecular weight excluding hydrogens is 250 g/mol. The summed E-state index contributed by atoms with van der Waals surface area (Å²) in [5, 5.41) is 2.85. The number of rotatable bonds is 8. The average molecular weight is 275 g/mol. The molecule has 0 aliphatic carbocycles. The molecule has 1 amide bonds. The number of hydrogen-bond donors (Lipinski definition) is 2. The van der Waals surface area contributed by atoms with Crippen LogP contribution in [0.1, 0.15) is 12.0 Å². The van der Waals surface area contributed by atoms with Crippen LogP contribution in [0.15, 0.2) is 42.5 Å². The lowest BCUT2D eigenvalue weighted by Gasteiger charge is -2.09. The lowest BCUT2D eigenvalue weighted by atomic mass is 10.1. The topological polar surface area (TPSA) is 58.4 Å². The minimum Gasteiger partial charge on any atom is -0.353 e. The Kier molecular flexibility index (Phi) is 7.62. The Labute approximate surface area is 121 Å². The first kappa shape index (κ1) is 16.4. The van der Waals surface area contributed by atoms with Gasteiger partial charge >= 0.3 is 0 Å². The summed E-state index contributed by atoms with van der Waals surface area (Å²) < 4.78 is 0. The molecule has 0 heterocycles. The van der Waals surface area contributed by atoms with Crippen molar-refractivity contribution in [2.75, 3.05) is 27.2 Å². The van der Waals surface area contributed by atoms with E-state index in [0.717, 1.165) is 19.4 Å². The zero-order valence-corrected chi connectivity index (χ0v) is 12.4. The molecule has 0 fully saturated rings. The van der Waals surface area contributed by atoms with Crippen molar-refractivity contribution in [3.05, 3.63) is 48.0 Å². The third-order valence-corrected chi connectivity index (χ3v) is 2.89. The fourth-order valence-corrected chi connectivity index (χ4v) is 1.83. The lowest BCUT2D eigenvalue weighted by molar-refractivity contribution is -0.116. The normalized spacial score (nSPS) is 12.8. The minimum atomic E-state index is -0.134. The Morgan fingerprint density at radius 1 is 1.35 bits per heavy atom. The molecule has 0 saturated carbocycles. The van der Waals surface area contributed by atoms with Gasteiger partial charge in [-0.25, -0.2) is 0 Å². The molecule has 0 aliphatic heterocycles. The highest BCUT2D eigenvalue weighted by molar-refractivity contribution is 5.87. The molecule has 1 rings (SSSR count). The van der Waals surface area contributed by atoms with Gasteiger partial charge < -0.3 is 16.0 Å². The smallest absolute Gasteiger partial charge is 0.243 e. The van der Waals surface area contributed by atoms with Gasteiger partial charge in [0, 0.05) is 18.7 Å². The van der Waals surface area contributed by atoms with Crippen LogP contribution in [0, 0.1) is 0 Å². The van der Waals surface area contributed by atoms with Crippen molar-refractivity contribution in [2.24, 2.45) is 5.73 Å². The van der Waals surface area contributed by atoms with Gasteiger partial charge in [0.2, 0.25) is 5.91 Å². The van der Waals surface area contributed by atoms with Gasteiger partial charge in [0.15, 0.2) is 0 Å². The van der Waals surface area contributed by atoms with Crippen LogP contribution in [-0.4, -0.2) is 44.0 Å². The fraction of sp³-hybridized carbons (Fsp3) is 0.438. The standard InChI is InChI=1S/C16H25N3O/c1-19(2)12-6-11-18-16(20)10-9-15(17)13-14-7-4-3-5-8-14/h3-5,7-10,15H,6,11-13,17H2,1-2H3,(H,18,20)/b10-9+/t15-/m0/s1. The summed E-state index contributed by atoms with van der Waals surface area (Å²) in [5.74, 6) is -0.0766. The largest absolute Gasteiger partial charge is 0.353 e. The van der Waals surface area contributed by atoms with E-state index >= 15 is 0 Å². The number of nitrogens with zero attached hydrogens (tertiary/aromatic N) is 1. The summed E-state index contributed by atoms with van der Waals surface area (Å²) in [6.45, 7) is 1.66. The molecule has 1 aromatic rings. The summed E-state index contributed by atoms with van der Waals surface area (Å²) in [4.78, 5) is 13.7. The Bertz CT molecular complexity index is 415. The summed E-state index contributed by atoms with van der Waals surface area (Å²) in [5.41, 5.74) is 7.15. The summed E-state index contributed by atoms with van der Waals surface area (Å²) in [6, 6.07) is 9.90. The van der Waals surface area contributed by atoms with E-state index in [1.165, 1.54) is 11.6 Å². The zero-order valence-electron chi connectivity index (χ0n) is 12.4. The number of amides is 1. The lowest BCUT2D eigenvalue weighted by Crippen LogP contribution is -2.26. The van der Waals surface area contributed by atoms with Crippen LogP contribution in [-0.2, 0) is 11.2 Å². The highest BCUT2D eigenvalue weighted by Gasteiger charge is 2.01. The molecule has 4 nitrogen and oxygen atoms in total. The molecule has 0 aromatic heterocycles. The maximum atomic E-state index is 11.6. The van der Waals surface area contributed by atoms with Crippen molar-refractivity contribution in [2.45, 2.75) is 18.9 Å². The average Bonchev–Trinajstić information content (AvgIpc) is 2.42. The SMILES string of the molecule is CN(C)CCCNC(=O)/C=C/[C@H](N)Cc1ccccc1. The van der Waals surface area contributed by atoms with Gasteiger partial charge in [0.1, 0.15) is 0 Å². The van der Waals surface area contributed by atoms with Crippen LogP contribution < -0.4 is 11.1 Å². The van der Waals surface area contributed by atoms with E-state index in [2.05, 4.69) is 10.2 Å². The molecule has 0 radical (unpaired) electrons. The predicted octanol–water partition coefficient (Wildman–Crippen LogP) is 1.18. The Morgan fingerprint density at radius 3 is 2.70 bits per heavy atom. The van der Waals surface area contributed by atoms with Crippen LogP contribution >= 0.6 is 0 Å². The molecule has 0 bridgehead atoms. The second-order valence-corrected chi connectivity index (χ2v) is 5.16. The van der Waals surface area contributed by atoms with Crippen molar-refractivity contribution < 1.29 is 4.79 Å². The van der Waals surface area contributed by atoms with Crippen LogP contribution in [0.25, 0.3) is 0 Å². The van der Waals surface area contributed by atoms with Gasteiger partial charge in [-0.1, -0.05) is 36.4 Å². The molecule has 0 saturated heterocycles. The first-order valence-corrected chi connectivity index (χ1v) is 6.98. The molecule has 4 heteroatoms. The third kappa shape index (κ3) is 7.71. The first-order chi connectivity index (χ1) is 9.58. The molecular formula is C16H25N3O. The van der Waals surface area contributed by atoms with Crippen LogP contribution in [0.4, 0.5) is 0 Å². The molecule has 110 valence electrons. The molecule has 1 atom stereocenters. The number of carbonyl (C=O) groups is 1. The Morgan fingerprint density at radius 2 is 2.05 bits per heavy atom. The van der Waals surface area contributed by atoms with Crippen molar-refractivity contribution in [3.8, 4) is 0 Å². The van der Waals surface area contributed by atoms with Crippen molar-refractivity contribution in [1.82, 2.24) is 10.2 Å². The quantitative estimate of drug-likeness (QED) is 0.553. The molecule has 3 N–H and O–H groups in total. The van der Waals surface area contributed by atoms with Crippen LogP contribution in [0.5, 0.6) is 0 Å². The third-order valence-electron chi connectivity index (χ3n) is 2.89. The van der Waals surface area contributed by atoms with Gasteiger partial charge in [-0.3, -0.25) is 4.79 Å². The van der Waals surface area contributed by atoms with E-state index < -0.39 is 0 Å². The number of hydrogen-bond acceptors (Lipinski definition) is 3. The van der Waals surface area contributed by atoms with Crippen LogP contribution in [0.3, 0.4) is 0 Å². The molecule has 0 spiro atoms. The maximum absolute atomic E-state index is 11.6. The van der Waals surface area contributed by atoms with Crippen molar-refractivity contribution >= 4 is 5.91 Å². The molecule has 0 aliphatic rings. The Hall–Kier alpha value is -1.65. The van der Waals surface area contributed by atoms with E-state index in [9.17, 15) is 4.79 Å². The van der Waals surface area contributed by atoms with Crippen LogP contribution in [0.2, 0.25) is 0 Å². The summed E-state index contributed by atoms with van der Waals surface area (Å²) in [6.07, 6.45) is 4.98. The molecule has 0 unspecified atom stereocenters. The van der Waals surface area contributed by atoms with E-state index in [-0.39, 0.29) is 11.9 Å². The van der Waals surface area contributed by atoms with E-state index in [1.807, 2.05) is 44.4 Å². The van der Waals surface area contributed by atoms with E-state index in [1.54, 1.807) is 6.08 Å². The highest BCUT2D eigenvalue weighted by Crippen LogP contribution is 2.02. The highest BCUT2D eigenvalue weighted by atomic mass is 16.1. The van der Waals surface area contributed by atoms with Gasteiger partial charge in [0.25, 0.3) is 0 Å². The molecule has 1 aromatic carbocycles.